The largest absolute Gasteiger partial charge is 0.481 e. The normalized spacial score (nSPS) is 10.0. The van der Waals surface area contributed by atoms with E-state index in [2.05, 4.69) is 12.0 Å². The number of ether oxygens (including phenoxy) is 1. The van der Waals surface area contributed by atoms with Gasteiger partial charge in [-0.25, -0.2) is 8.78 Å². The van der Waals surface area contributed by atoms with Crippen LogP contribution in [0, 0.1) is 22.0 Å². The van der Waals surface area contributed by atoms with Gasteiger partial charge in [-0.3, -0.25) is 4.79 Å². The summed E-state index contributed by atoms with van der Waals surface area (Å²) in [5.74, 6) is 2.91. The molecule has 0 aliphatic carbocycles. The third-order valence-electron chi connectivity index (χ3n) is 2.83. The molecule has 1 aromatic heterocycles. The summed E-state index contributed by atoms with van der Waals surface area (Å²) in [7, 11) is 0. The van der Waals surface area contributed by atoms with E-state index in [4.69, 9.17) is 11.2 Å². The molecule has 1 heterocycles. The van der Waals surface area contributed by atoms with Crippen molar-refractivity contribution in [1.29, 1.82) is 0 Å². The maximum atomic E-state index is 12.7. The summed E-state index contributed by atoms with van der Waals surface area (Å²) in [6.45, 7) is -0.526. The van der Waals surface area contributed by atoms with Gasteiger partial charge in [0, 0.05) is 32.7 Å². The molecule has 0 fully saturated rings. The predicted molar refractivity (Wildman–Crippen MR) is 88.0 cm³/mol. The average molecular weight is 503 g/mol. The smallest absolute Gasteiger partial charge is 0.256 e. The summed E-state index contributed by atoms with van der Waals surface area (Å²) >= 11 is 1.80. The fraction of sp³-hybridized carbons (Fsp3) is 0.188. The van der Waals surface area contributed by atoms with E-state index in [-0.39, 0.29) is 39.3 Å². The Hall–Kier alpha value is -0.776. The van der Waals surface area contributed by atoms with Crippen LogP contribution >= 0.6 is 22.6 Å². The van der Waals surface area contributed by atoms with Crippen LogP contribution in [0.1, 0.15) is 0 Å². The number of aromatic nitrogens is 1. The van der Waals surface area contributed by atoms with Crippen molar-refractivity contribution in [3.8, 4) is 29.4 Å². The van der Waals surface area contributed by atoms with E-state index in [1.807, 2.05) is 0 Å². The molecule has 0 saturated carbocycles. The molecule has 0 unspecified atom stereocenters. The van der Waals surface area contributed by atoms with Gasteiger partial charge in [0.15, 0.2) is 0 Å². The van der Waals surface area contributed by atoms with Gasteiger partial charge in [0.05, 0.1) is 6.54 Å². The van der Waals surface area contributed by atoms with Crippen molar-refractivity contribution >= 4 is 22.6 Å². The van der Waals surface area contributed by atoms with Gasteiger partial charge in [0.2, 0.25) is 5.56 Å². The topological polar surface area (TPSA) is 31.2 Å². The minimum Gasteiger partial charge on any atom is -0.481 e. The molecule has 1 radical (unpaired) electrons. The van der Waals surface area contributed by atoms with Gasteiger partial charge in [-0.1, -0.05) is 17.2 Å². The van der Waals surface area contributed by atoms with Crippen molar-refractivity contribution in [2.45, 2.75) is 13.0 Å². The first-order valence-electron chi connectivity index (χ1n) is 6.28. The summed E-state index contributed by atoms with van der Waals surface area (Å²) in [4.78, 5) is 12.1. The number of alkyl halides is 2. The number of nitrogens with zero attached hydrogens (tertiary/aromatic N) is 1. The van der Waals surface area contributed by atoms with E-state index in [9.17, 15) is 13.6 Å². The molecule has 2 rings (SSSR count). The first-order valence-corrected chi connectivity index (χ1v) is 7.36. The standard InChI is InChI=1S/C16H11F2INO2.Y/c1-2-9-22-12-5-3-11(4-6-12)14-8-7-13(19)16(21)20(14)10-15(17)18;/h1,3-7,15H,9-10H2;/q-1;. The monoisotopic (exact) mass is 503 g/mol. The predicted octanol–water partition coefficient (Wildman–Crippen LogP) is 3.19. The molecule has 117 valence electrons. The number of pyridine rings is 1. The molecule has 0 aliphatic rings. The number of halogens is 3. The van der Waals surface area contributed by atoms with Crippen LogP contribution in [0.25, 0.3) is 11.3 Å². The molecule has 1 aromatic carbocycles. The number of terminal acetylenes is 1. The Kier molecular flexibility index (Phi) is 8.37. The van der Waals surface area contributed by atoms with E-state index < -0.39 is 18.5 Å². The van der Waals surface area contributed by atoms with Crippen LogP contribution in [0.15, 0.2) is 35.1 Å². The first kappa shape index (κ1) is 20.3. The second-order valence-corrected chi connectivity index (χ2v) is 5.47. The van der Waals surface area contributed by atoms with E-state index >= 15 is 0 Å². The van der Waals surface area contributed by atoms with Crippen molar-refractivity contribution in [3.05, 3.63) is 50.3 Å². The number of hydrogen-bond donors (Lipinski definition) is 0. The Bertz CT molecular complexity index is 754. The van der Waals surface area contributed by atoms with Crippen LogP contribution < -0.4 is 10.3 Å². The third kappa shape index (κ3) is 5.37. The second kappa shape index (κ2) is 9.50. The molecule has 0 saturated heterocycles. The van der Waals surface area contributed by atoms with Crippen LogP contribution in [0.5, 0.6) is 5.75 Å². The average Bonchev–Trinajstić information content (AvgIpc) is 2.50. The van der Waals surface area contributed by atoms with E-state index in [1.54, 1.807) is 46.9 Å². The zero-order valence-electron chi connectivity index (χ0n) is 11.9. The quantitative estimate of drug-likeness (QED) is 0.357. The van der Waals surface area contributed by atoms with Gasteiger partial charge >= 0.3 is 0 Å². The zero-order valence-corrected chi connectivity index (χ0v) is 16.9. The maximum absolute atomic E-state index is 12.7. The molecule has 2 aromatic rings. The van der Waals surface area contributed by atoms with Gasteiger partial charge in [0.25, 0.3) is 6.43 Å². The van der Waals surface area contributed by atoms with Crippen LogP contribution in [-0.2, 0) is 39.3 Å². The first-order chi connectivity index (χ1) is 10.5. The number of benzene rings is 1. The van der Waals surface area contributed by atoms with Crippen molar-refractivity contribution in [2.75, 3.05) is 6.61 Å². The number of hydrogen-bond acceptors (Lipinski definition) is 2. The summed E-state index contributed by atoms with van der Waals surface area (Å²) in [5, 5.41) is 0. The Balaban J connectivity index is 0.00000264. The van der Waals surface area contributed by atoms with Gasteiger partial charge in [-0.15, -0.1) is 41.1 Å². The molecular weight excluding hydrogens is 492 g/mol. The second-order valence-electron chi connectivity index (χ2n) is 4.31. The fourth-order valence-electron chi connectivity index (χ4n) is 1.89. The van der Waals surface area contributed by atoms with Crippen LogP contribution in [0.4, 0.5) is 8.78 Å². The van der Waals surface area contributed by atoms with Gasteiger partial charge in [0.1, 0.15) is 12.4 Å². The van der Waals surface area contributed by atoms with Crippen LogP contribution in [-0.4, -0.2) is 17.6 Å². The molecule has 0 spiro atoms. The van der Waals surface area contributed by atoms with Gasteiger partial charge in [-0.05, 0) is 15.7 Å². The van der Waals surface area contributed by atoms with Crippen molar-refractivity contribution in [1.82, 2.24) is 4.57 Å². The third-order valence-corrected chi connectivity index (χ3v) is 3.60. The molecule has 0 aliphatic heterocycles. The molecule has 0 amide bonds. The SMILES string of the molecule is C#CCOc1ccc(-c2[c-]cc(I)c(=O)n2CC(F)F)cc1.[Y]. The van der Waals surface area contributed by atoms with Crippen molar-refractivity contribution in [3.63, 3.8) is 0 Å². The van der Waals surface area contributed by atoms with Crippen LogP contribution in [0.3, 0.4) is 0 Å². The summed E-state index contributed by atoms with van der Waals surface area (Å²) in [6.07, 6.45) is 2.48. The van der Waals surface area contributed by atoms with Crippen molar-refractivity contribution < 1.29 is 46.2 Å². The minimum atomic E-state index is -2.62. The molecule has 23 heavy (non-hydrogen) atoms. The minimum absolute atomic E-state index is 0. The van der Waals surface area contributed by atoms with Gasteiger partial charge in [-0.2, -0.15) is 12.1 Å². The Labute approximate surface area is 171 Å². The number of rotatable bonds is 5. The summed E-state index contributed by atoms with van der Waals surface area (Å²) < 4.78 is 32.1. The van der Waals surface area contributed by atoms with E-state index in [0.29, 0.717) is 20.6 Å². The zero-order chi connectivity index (χ0) is 16.1. The summed E-state index contributed by atoms with van der Waals surface area (Å²) in [6, 6.07) is 11.0. The molecule has 0 bridgehead atoms. The Morgan fingerprint density at radius 1 is 1.35 bits per heavy atom. The van der Waals surface area contributed by atoms with Crippen LogP contribution in [0.2, 0.25) is 0 Å². The molecule has 0 atom stereocenters. The maximum Gasteiger partial charge on any atom is 0.256 e. The molecular formula is C16H11F2INO2Y-. The van der Waals surface area contributed by atoms with E-state index in [1.165, 1.54) is 6.07 Å². The summed E-state index contributed by atoms with van der Waals surface area (Å²) in [5.41, 5.74) is 0.457. The Morgan fingerprint density at radius 2 is 2.00 bits per heavy atom. The van der Waals surface area contributed by atoms with Crippen molar-refractivity contribution in [2.24, 2.45) is 0 Å². The van der Waals surface area contributed by atoms with E-state index in [0.717, 1.165) is 4.57 Å². The molecule has 3 nitrogen and oxygen atoms in total. The fourth-order valence-corrected chi connectivity index (χ4v) is 2.33. The van der Waals surface area contributed by atoms with Gasteiger partial charge < -0.3 is 9.30 Å². The molecule has 0 N–H and O–H groups in total. The Morgan fingerprint density at radius 3 is 2.57 bits per heavy atom. The molecule has 7 heteroatoms.